The average molecular weight is 169 g/mol. The van der Waals surface area contributed by atoms with Gasteiger partial charge in [0.1, 0.15) is 18.2 Å². The third-order valence-electron chi connectivity index (χ3n) is 1.35. The van der Waals surface area contributed by atoms with E-state index in [1.54, 1.807) is 12.1 Å². The zero-order valence-corrected chi connectivity index (χ0v) is 6.48. The molecule has 0 saturated heterocycles. The van der Waals surface area contributed by atoms with E-state index in [1.807, 2.05) is 6.07 Å². The van der Waals surface area contributed by atoms with Crippen LogP contribution in [0.25, 0.3) is 0 Å². The summed E-state index contributed by atoms with van der Waals surface area (Å²) in [6.07, 6.45) is 2.09. The number of nitrogens with zero attached hydrogens (tertiary/aromatic N) is 3. The van der Waals surface area contributed by atoms with Crippen LogP contribution in [0.4, 0.5) is 0 Å². The molecule has 1 aliphatic rings. The second kappa shape index (κ2) is 3.79. The SMILES string of the molecule is N#CC(=C=C1C=COC1C#N)C#N. The maximum atomic E-state index is 8.54. The van der Waals surface area contributed by atoms with E-state index in [-0.39, 0.29) is 5.57 Å². The molecular formula is C9H3N3O. The van der Waals surface area contributed by atoms with Crippen molar-refractivity contribution in [3.63, 3.8) is 0 Å². The van der Waals surface area contributed by atoms with Gasteiger partial charge in [-0.1, -0.05) is 5.73 Å². The molecular weight excluding hydrogens is 166 g/mol. The summed E-state index contributed by atoms with van der Waals surface area (Å²) in [7, 11) is 0. The van der Waals surface area contributed by atoms with E-state index in [0.29, 0.717) is 5.57 Å². The maximum Gasteiger partial charge on any atom is 0.215 e. The number of nitriles is 3. The van der Waals surface area contributed by atoms with Crippen molar-refractivity contribution in [2.24, 2.45) is 0 Å². The van der Waals surface area contributed by atoms with Crippen LogP contribution in [0.1, 0.15) is 0 Å². The van der Waals surface area contributed by atoms with Crippen molar-refractivity contribution in [3.8, 4) is 18.2 Å². The summed E-state index contributed by atoms with van der Waals surface area (Å²) in [5.41, 5.74) is 2.73. The summed E-state index contributed by atoms with van der Waals surface area (Å²) in [6, 6.07) is 5.15. The van der Waals surface area contributed by atoms with Crippen molar-refractivity contribution in [2.75, 3.05) is 0 Å². The lowest BCUT2D eigenvalue weighted by Gasteiger charge is -1.97. The standard InChI is InChI=1S/C9H3N3O/c10-4-7(5-11)3-8-1-2-13-9(8)6-12/h1-2,9H. The van der Waals surface area contributed by atoms with Gasteiger partial charge in [0.05, 0.1) is 11.8 Å². The zero-order valence-electron chi connectivity index (χ0n) is 6.48. The highest BCUT2D eigenvalue weighted by molar-refractivity contribution is 5.41. The Labute approximate surface area is 74.9 Å². The van der Waals surface area contributed by atoms with Gasteiger partial charge < -0.3 is 4.74 Å². The summed E-state index contributed by atoms with van der Waals surface area (Å²) in [5.74, 6) is 0. The van der Waals surface area contributed by atoms with E-state index >= 15 is 0 Å². The van der Waals surface area contributed by atoms with E-state index in [2.05, 4.69) is 5.73 Å². The molecule has 0 radical (unpaired) electrons. The monoisotopic (exact) mass is 169 g/mol. The summed E-state index contributed by atoms with van der Waals surface area (Å²) in [4.78, 5) is 0. The van der Waals surface area contributed by atoms with Crippen LogP contribution in [-0.4, -0.2) is 6.10 Å². The first-order valence-corrected chi connectivity index (χ1v) is 3.34. The molecule has 1 heterocycles. The third-order valence-corrected chi connectivity index (χ3v) is 1.35. The Kier molecular flexibility index (Phi) is 2.51. The van der Waals surface area contributed by atoms with Crippen LogP contribution in [0.2, 0.25) is 0 Å². The Morgan fingerprint density at radius 2 is 2.00 bits per heavy atom. The van der Waals surface area contributed by atoms with Crippen molar-refractivity contribution >= 4 is 0 Å². The molecule has 4 nitrogen and oxygen atoms in total. The van der Waals surface area contributed by atoms with Crippen molar-refractivity contribution in [1.82, 2.24) is 0 Å². The van der Waals surface area contributed by atoms with Gasteiger partial charge in [-0.05, 0) is 6.08 Å². The van der Waals surface area contributed by atoms with Gasteiger partial charge in [0, 0.05) is 0 Å². The first-order chi connectivity index (χ1) is 6.31. The van der Waals surface area contributed by atoms with E-state index in [9.17, 15) is 0 Å². The molecule has 1 unspecified atom stereocenters. The Balaban J connectivity index is 3.17. The molecule has 0 aromatic rings. The topological polar surface area (TPSA) is 80.6 Å². The minimum absolute atomic E-state index is 0.162. The Bertz CT molecular complexity index is 417. The molecule has 0 aliphatic carbocycles. The lowest BCUT2D eigenvalue weighted by Crippen LogP contribution is -2.02. The van der Waals surface area contributed by atoms with Crippen LogP contribution in [-0.2, 0) is 4.74 Å². The molecule has 4 heteroatoms. The van der Waals surface area contributed by atoms with Crippen LogP contribution < -0.4 is 0 Å². The molecule has 13 heavy (non-hydrogen) atoms. The van der Waals surface area contributed by atoms with Gasteiger partial charge in [-0.3, -0.25) is 0 Å². The predicted octanol–water partition coefficient (Wildman–Crippen LogP) is 0.921. The van der Waals surface area contributed by atoms with Gasteiger partial charge in [-0.15, -0.1) is 0 Å². The first kappa shape index (κ1) is 8.62. The number of hydrogen-bond acceptors (Lipinski definition) is 4. The van der Waals surface area contributed by atoms with Gasteiger partial charge >= 0.3 is 0 Å². The Morgan fingerprint density at radius 1 is 1.31 bits per heavy atom. The van der Waals surface area contributed by atoms with Crippen LogP contribution in [0, 0.1) is 34.0 Å². The largest absolute Gasteiger partial charge is 0.478 e. The Morgan fingerprint density at radius 3 is 2.54 bits per heavy atom. The normalized spacial score (nSPS) is 17.6. The van der Waals surface area contributed by atoms with Crippen LogP contribution in [0.3, 0.4) is 0 Å². The Hall–Kier alpha value is -2.47. The molecule has 0 N–H and O–H groups in total. The van der Waals surface area contributed by atoms with Crippen LogP contribution in [0.15, 0.2) is 29.2 Å². The lowest BCUT2D eigenvalue weighted by molar-refractivity contribution is 0.245. The molecule has 0 aromatic carbocycles. The highest BCUT2D eigenvalue weighted by Crippen LogP contribution is 2.14. The number of ether oxygens (including phenoxy) is 1. The molecule has 0 fully saturated rings. The first-order valence-electron chi connectivity index (χ1n) is 3.34. The third kappa shape index (κ3) is 1.76. The van der Waals surface area contributed by atoms with E-state index < -0.39 is 6.10 Å². The molecule has 1 aliphatic heterocycles. The molecule has 60 valence electrons. The van der Waals surface area contributed by atoms with E-state index in [4.69, 9.17) is 20.5 Å². The zero-order chi connectivity index (χ0) is 9.68. The molecule has 0 spiro atoms. The summed E-state index contributed by atoms with van der Waals surface area (Å²) < 4.78 is 4.83. The molecule has 1 rings (SSSR count). The fourth-order valence-electron chi connectivity index (χ4n) is 0.784. The summed E-state index contributed by atoms with van der Waals surface area (Å²) >= 11 is 0. The molecule has 0 amide bonds. The van der Waals surface area contributed by atoms with Gasteiger partial charge in [-0.2, -0.15) is 15.8 Å². The summed E-state index contributed by atoms with van der Waals surface area (Å²) in [6.45, 7) is 0. The van der Waals surface area contributed by atoms with Gasteiger partial charge in [-0.25, -0.2) is 0 Å². The fourth-order valence-corrected chi connectivity index (χ4v) is 0.784. The lowest BCUT2D eigenvalue weighted by atomic mass is 10.1. The van der Waals surface area contributed by atoms with Gasteiger partial charge in [0.25, 0.3) is 0 Å². The minimum atomic E-state index is -0.753. The van der Waals surface area contributed by atoms with Gasteiger partial charge in [0.2, 0.25) is 6.10 Å². The van der Waals surface area contributed by atoms with Crippen molar-refractivity contribution < 1.29 is 4.74 Å². The van der Waals surface area contributed by atoms with E-state index in [0.717, 1.165) is 0 Å². The second-order valence-corrected chi connectivity index (χ2v) is 2.13. The maximum absolute atomic E-state index is 8.54. The predicted molar refractivity (Wildman–Crippen MR) is 41.4 cm³/mol. The highest BCUT2D eigenvalue weighted by Gasteiger charge is 2.16. The highest BCUT2D eigenvalue weighted by atomic mass is 16.5. The van der Waals surface area contributed by atoms with Crippen LogP contribution >= 0.6 is 0 Å². The van der Waals surface area contributed by atoms with Crippen molar-refractivity contribution in [1.29, 1.82) is 15.8 Å². The second-order valence-electron chi connectivity index (χ2n) is 2.13. The molecule has 0 aromatic heterocycles. The van der Waals surface area contributed by atoms with Crippen molar-refractivity contribution in [2.45, 2.75) is 6.10 Å². The number of hydrogen-bond donors (Lipinski definition) is 0. The smallest absolute Gasteiger partial charge is 0.215 e. The molecule has 0 saturated carbocycles. The summed E-state index contributed by atoms with van der Waals surface area (Å²) in [5, 5.41) is 25.4. The number of rotatable bonds is 0. The minimum Gasteiger partial charge on any atom is -0.478 e. The van der Waals surface area contributed by atoms with Gasteiger partial charge in [0.15, 0.2) is 5.57 Å². The van der Waals surface area contributed by atoms with E-state index in [1.165, 1.54) is 12.3 Å². The molecule has 0 bridgehead atoms. The van der Waals surface area contributed by atoms with Crippen LogP contribution in [0.5, 0.6) is 0 Å². The average Bonchev–Trinajstić information content (AvgIpc) is 2.61. The van der Waals surface area contributed by atoms with Crippen molar-refractivity contribution in [3.05, 3.63) is 29.2 Å². The molecule has 1 atom stereocenters. The quantitative estimate of drug-likeness (QED) is 0.399. The fraction of sp³-hybridized carbons (Fsp3) is 0.111.